The molecule has 1 heterocycles. The Morgan fingerprint density at radius 3 is 2.32 bits per heavy atom. The van der Waals surface area contributed by atoms with Gasteiger partial charge in [-0.3, -0.25) is 4.79 Å². The number of halogens is 4. The quantitative estimate of drug-likeness (QED) is 0.399. The smallest absolute Gasteiger partial charge is 0.350 e. The molecule has 0 saturated carbocycles. The summed E-state index contributed by atoms with van der Waals surface area (Å²) >= 11 is 1.18. The fourth-order valence-electron chi connectivity index (χ4n) is 2.89. The zero-order valence-corrected chi connectivity index (χ0v) is 17.7. The summed E-state index contributed by atoms with van der Waals surface area (Å²) in [5.41, 5.74) is -0.762. The lowest BCUT2D eigenvalue weighted by Gasteiger charge is -2.18. The summed E-state index contributed by atoms with van der Waals surface area (Å²) in [6.07, 6.45) is -4.53. The van der Waals surface area contributed by atoms with Crippen LogP contribution in [0.5, 0.6) is 0 Å². The Morgan fingerprint density at radius 2 is 1.77 bits per heavy atom. The van der Waals surface area contributed by atoms with E-state index in [9.17, 15) is 30.8 Å². The highest BCUT2D eigenvalue weighted by Gasteiger charge is 2.32. The van der Waals surface area contributed by atoms with Crippen molar-refractivity contribution >= 4 is 27.1 Å². The summed E-state index contributed by atoms with van der Waals surface area (Å²) in [4.78, 5) is 12.8. The van der Waals surface area contributed by atoms with Crippen LogP contribution in [0.25, 0.3) is 0 Å². The minimum absolute atomic E-state index is 0.0343. The third-order valence-corrected chi connectivity index (χ3v) is 7.83. The van der Waals surface area contributed by atoms with Crippen molar-refractivity contribution in [2.75, 3.05) is 6.54 Å². The molecule has 0 saturated heterocycles. The zero-order chi connectivity index (χ0) is 22.8. The Bertz CT molecular complexity index is 1170. The van der Waals surface area contributed by atoms with E-state index in [-0.39, 0.29) is 22.6 Å². The maximum Gasteiger partial charge on any atom is 0.416 e. The lowest BCUT2D eigenvalue weighted by atomic mass is 10.1. The predicted octanol–water partition coefficient (Wildman–Crippen LogP) is 5.16. The van der Waals surface area contributed by atoms with Crippen molar-refractivity contribution in [1.82, 2.24) is 5.32 Å². The number of hydrogen-bond acceptors (Lipinski definition) is 4. The molecule has 1 N–H and O–H groups in total. The second-order valence-electron chi connectivity index (χ2n) is 6.75. The van der Waals surface area contributed by atoms with Crippen LogP contribution in [-0.4, -0.2) is 20.9 Å². The molecule has 3 rings (SSSR count). The van der Waals surface area contributed by atoms with Crippen LogP contribution in [-0.2, 0) is 16.0 Å². The van der Waals surface area contributed by atoms with Crippen molar-refractivity contribution in [1.29, 1.82) is 0 Å². The third-order valence-electron chi connectivity index (χ3n) is 4.62. The minimum Gasteiger partial charge on any atom is -0.350 e. The van der Waals surface area contributed by atoms with E-state index >= 15 is 0 Å². The van der Waals surface area contributed by atoms with E-state index in [1.54, 1.807) is 17.5 Å². The van der Waals surface area contributed by atoms with Gasteiger partial charge in [0.05, 0.1) is 10.5 Å². The van der Waals surface area contributed by atoms with Crippen LogP contribution in [0.3, 0.4) is 0 Å². The van der Waals surface area contributed by atoms with Crippen LogP contribution >= 0.6 is 11.3 Å². The third kappa shape index (κ3) is 5.13. The summed E-state index contributed by atoms with van der Waals surface area (Å²) in [5.74, 6) is -1.25. The van der Waals surface area contributed by atoms with E-state index in [1.807, 2.05) is 0 Å². The lowest BCUT2D eigenvalue weighted by molar-refractivity contribution is -0.137. The Balaban J connectivity index is 1.84. The molecule has 0 aliphatic carbocycles. The van der Waals surface area contributed by atoms with Crippen molar-refractivity contribution in [3.63, 3.8) is 0 Å². The summed E-state index contributed by atoms with van der Waals surface area (Å²) < 4.78 is 78.1. The van der Waals surface area contributed by atoms with Crippen molar-refractivity contribution in [3.8, 4) is 0 Å². The topological polar surface area (TPSA) is 63.2 Å². The number of amides is 1. The van der Waals surface area contributed by atoms with E-state index in [0.29, 0.717) is 4.88 Å². The number of nitrogens with one attached hydrogen (secondary N) is 1. The van der Waals surface area contributed by atoms with E-state index in [2.05, 4.69) is 5.32 Å². The number of benzene rings is 2. The van der Waals surface area contributed by atoms with Gasteiger partial charge in [0.1, 0.15) is 11.1 Å². The van der Waals surface area contributed by atoms with Crippen LogP contribution < -0.4 is 5.32 Å². The van der Waals surface area contributed by atoms with Crippen molar-refractivity contribution in [3.05, 3.63) is 87.4 Å². The van der Waals surface area contributed by atoms with Gasteiger partial charge in [-0.2, -0.15) is 13.2 Å². The standard InChI is InChI=1S/C21H17F4NO3S2/c1-13-11-16(8-9-17(13)22)31(28,29)19(18-3-2-10-30-18)12-26-20(27)14-4-6-15(7-5-14)21(23,24)25/h2-11,19H,12H2,1H3,(H,26,27)/t19-/m1/s1. The maximum absolute atomic E-state index is 13.6. The fourth-order valence-corrected chi connectivity index (χ4v) is 5.76. The number of carbonyl (C=O) groups excluding carboxylic acids is 1. The summed E-state index contributed by atoms with van der Waals surface area (Å²) in [6, 6.07) is 10.3. The Hall–Kier alpha value is -2.72. The molecule has 1 aromatic heterocycles. The average Bonchev–Trinajstić information content (AvgIpc) is 3.23. The van der Waals surface area contributed by atoms with Gasteiger partial charge in [0.15, 0.2) is 9.84 Å². The Morgan fingerprint density at radius 1 is 1.10 bits per heavy atom. The first-order chi connectivity index (χ1) is 14.5. The SMILES string of the molecule is Cc1cc(S(=O)(=O)[C@H](CNC(=O)c2ccc(C(F)(F)F)cc2)c2cccs2)ccc1F. The largest absolute Gasteiger partial charge is 0.416 e. The number of hydrogen-bond donors (Lipinski definition) is 1. The molecule has 0 fully saturated rings. The monoisotopic (exact) mass is 471 g/mol. The molecule has 10 heteroatoms. The predicted molar refractivity (Wildman–Crippen MR) is 109 cm³/mol. The normalized spacial score (nSPS) is 13.1. The lowest BCUT2D eigenvalue weighted by Crippen LogP contribution is -2.31. The molecular formula is C21H17F4NO3S2. The second-order valence-corrected chi connectivity index (χ2v) is 9.85. The Kier molecular flexibility index (Phi) is 6.51. The summed E-state index contributed by atoms with van der Waals surface area (Å²) in [5, 5.41) is 3.02. The van der Waals surface area contributed by atoms with Crippen LogP contribution in [0, 0.1) is 12.7 Å². The molecule has 0 radical (unpaired) electrons. The molecule has 1 atom stereocenters. The van der Waals surface area contributed by atoms with Crippen LogP contribution in [0.1, 0.15) is 31.6 Å². The van der Waals surface area contributed by atoms with Crippen LogP contribution in [0.4, 0.5) is 17.6 Å². The average molecular weight is 471 g/mol. The number of sulfone groups is 1. The molecule has 4 nitrogen and oxygen atoms in total. The molecule has 2 aromatic carbocycles. The summed E-state index contributed by atoms with van der Waals surface area (Å²) in [6.45, 7) is 1.14. The minimum atomic E-state index is -4.53. The Labute approximate surface area is 180 Å². The van der Waals surface area contributed by atoms with Gasteiger partial charge in [-0.1, -0.05) is 6.07 Å². The number of alkyl halides is 3. The van der Waals surface area contributed by atoms with E-state index in [4.69, 9.17) is 0 Å². The first-order valence-corrected chi connectivity index (χ1v) is 11.4. The number of rotatable bonds is 6. The van der Waals surface area contributed by atoms with Gasteiger partial charge in [-0.15, -0.1) is 11.3 Å². The number of aryl methyl sites for hydroxylation is 1. The van der Waals surface area contributed by atoms with Crippen LogP contribution in [0.15, 0.2) is 64.9 Å². The van der Waals surface area contributed by atoms with Gasteiger partial charge in [-0.25, -0.2) is 12.8 Å². The molecule has 0 spiro atoms. The molecular weight excluding hydrogens is 454 g/mol. The second kappa shape index (κ2) is 8.80. The molecule has 164 valence electrons. The van der Waals surface area contributed by atoms with Gasteiger partial charge < -0.3 is 5.32 Å². The molecule has 3 aromatic rings. The van der Waals surface area contributed by atoms with E-state index < -0.39 is 38.6 Å². The first-order valence-electron chi connectivity index (χ1n) is 8.99. The summed E-state index contributed by atoms with van der Waals surface area (Å²) in [7, 11) is -3.99. The molecule has 0 unspecified atom stereocenters. The number of thiophene rings is 1. The molecule has 31 heavy (non-hydrogen) atoms. The highest BCUT2D eigenvalue weighted by molar-refractivity contribution is 7.91. The first kappa shape index (κ1) is 23.0. The fraction of sp³-hybridized carbons (Fsp3) is 0.190. The van der Waals surface area contributed by atoms with E-state index in [0.717, 1.165) is 36.4 Å². The van der Waals surface area contributed by atoms with Gasteiger partial charge >= 0.3 is 6.18 Å². The molecule has 0 bridgehead atoms. The van der Waals surface area contributed by atoms with Gasteiger partial charge in [0.25, 0.3) is 5.91 Å². The molecule has 0 aliphatic rings. The van der Waals surface area contributed by atoms with Gasteiger partial charge in [0, 0.05) is 17.0 Å². The van der Waals surface area contributed by atoms with Crippen molar-refractivity contribution in [2.45, 2.75) is 23.2 Å². The zero-order valence-electron chi connectivity index (χ0n) is 16.1. The van der Waals surface area contributed by atoms with Gasteiger partial charge in [0.2, 0.25) is 0 Å². The highest BCUT2D eigenvalue weighted by Crippen LogP contribution is 2.32. The molecule has 0 aliphatic heterocycles. The molecule has 1 amide bonds. The van der Waals surface area contributed by atoms with Crippen molar-refractivity contribution in [2.24, 2.45) is 0 Å². The number of carbonyl (C=O) groups is 1. The van der Waals surface area contributed by atoms with E-state index in [1.165, 1.54) is 24.3 Å². The van der Waals surface area contributed by atoms with Crippen molar-refractivity contribution < 1.29 is 30.8 Å². The van der Waals surface area contributed by atoms with Gasteiger partial charge in [-0.05, 0) is 66.4 Å². The highest BCUT2D eigenvalue weighted by atomic mass is 32.2. The maximum atomic E-state index is 13.6. The van der Waals surface area contributed by atoms with Crippen LogP contribution in [0.2, 0.25) is 0 Å².